The lowest BCUT2D eigenvalue weighted by atomic mass is 10.1. The van der Waals surface area contributed by atoms with Crippen molar-refractivity contribution in [3.05, 3.63) is 48.6 Å². The minimum absolute atomic E-state index is 0.0932. The smallest absolute Gasteiger partial charge is 0.308 e. The van der Waals surface area contributed by atoms with E-state index < -0.39 is 6.04 Å². The van der Waals surface area contributed by atoms with E-state index in [1.807, 2.05) is 6.07 Å². The van der Waals surface area contributed by atoms with Crippen LogP contribution in [0.25, 0.3) is 0 Å². The monoisotopic (exact) mass is 247 g/mol. The second kappa shape index (κ2) is 7.27. The predicted molar refractivity (Wildman–Crippen MR) is 69.1 cm³/mol. The van der Waals surface area contributed by atoms with Gasteiger partial charge in [-0.05, 0) is 19.1 Å². The van der Waals surface area contributed by atoms with Crippen LogP contribution in [0.15, 0.2) is 43.0 Å². The van der Waals surface area contributed by atoms with E-state index in [4.69, 9.17) is 4.74 Å². The van der Waals surface area contributed by atoms with Crippen LogP contribution >= 0.6 is 0 Å². The molecule has 4 heteroatoms. The van der Waals surface area contributed by atoms with Crippen molar-refractivity contribution in [2.75, 3.05) is 6.61 Å². The highest BCUT2D eigenvalue weighted by Crippen LogP contribution is 2.02. The number of carbonyl (C=O) groups is 2. The molecule has 0 fully saturated rings. The largest absolute Gasteiger partial charge is 0.466 e. The highest BCUT2D eigenvalue weighted by Gasteiger charge is 2.14. The molecule has 18 heavy (non-hydrogen) atoms. The van der Waals surface area contributed by atoms with Crippen molar-refractivity contribution in [1.82, 2.24) is 5.32 Å². The maximum atomic E-state index is 11.8. The summed E-state index contributed by atoms with van der Waals surface area (Å²) in [7, 11) is 0. The molecule has 0 saturated heterocycles. The summed E-state index contributed by atoms with van der Waals surface area (Å²) in [6, 6.07) is 8.39. The highest BCUT2D eigenvalue weighted by atomic mass is 16.5. The molecule has 1 aromatic rings. The Morgan fingerprint density at radius 3 is 2.61 bits per heavy atom. The first kappa shape index (κ1) is 14.0. The topological polar surface area (TPSA) is 55.4 Å². The quantitative estimate of drug-likeness (QED) is 0.617. The molecule has 4 nitrogen and oxygen atoms in total. The normalized spacial score (nSPS) is 11.4. The Bertz CT molecular complexity index is 414. The number of nitrogens with one attached hydrogen (secondary N) is 1. The SMILES string of the molecule is C=CC(CC(=O)OCC)NC(=O)c1ccccc1. The zero-order valence-corrected chi connectivity index (χ0v) is 10.4. The number of esters is 1. The van der Waals surface area contributed by atoms with Crippen LogP contribution in [0, 0.1) is 0 Å². The summed E-state index contributed by atoms with van der Waals surface area (Å²) in [4.78, 5) is 23.2. The molecule has 1 atom stereocenters. The number of benzene rings is 1. The number of amides is 1. The Hall–Kier alpha value is -2.10. The molecular weight excluding hydrogens is 230 g/mol. The van der Waals surface area contributed by atoms with E-state index in [2.05, 4.69) is 11.9 Å². The number of hydrogen-bond donors (Lipinski definition) is 1. The van der Waals surface area contributed by atoms with Crippen LogP contribution in [0.2, 0.25) is 0 Å². The van der Waals surface area contributed by atoms with Crippen molar-refractivity contribution < 1.29 is 14.3 Å². The average molecular weight is 247 g/mol. The lowest BCUT2D eigenvalue weighted by molar-refractivity contribution is -0.143. The molecule has 1 N–H and O–H groups in total. The molecule has 1 aromatic carbocycles. The molecule has 96 valence electrons. The van der Waals surface area contributed by atoms with Crippen LogP contribution in [0.1, 0.15) is 23.7 Å². The summed E-state index contributed by atoms with van der Waals surface area (Å²) in [5, 5.41) is 2.71. The van der Waals surface area contributed by atoms with Gasteiger partial charge < -0.3 is 10.1 Å². The van der Waals surface area contributed by atoms with E-state index in [0.717, 1.165) is 0 Å². The fraction of sp³-hybridized carbons (Fsp3) is 0.286. The van der Waals surface area contributed by atoms with Crippen LogP contribution < -0.4 is 5.32 Å². The molecule has 0 bridgehead atoms. The Balaban J connectivity index is 2.56. The van der Waals surface area contributed by atoms with Gasteiger partial charge in [-0.3, -0.25) is 9.59 Å². The van der Waals surface area contributed by atoms with E-state index in [0.29, 0.717) is 12.2 Å². The summed E-state index contributed by atoms with van der Waals surface area (Å²) < 4.78 is 4.82. The third-order valence-corrected chi connectivity index (χ3v) is 2.33. The fourth-order valence-corrected chi connectivity index (χ4v) is 1.43. The minimum Gasteiger partial charge on any atom is -0.466 e. The van der Waals surface area contributed by atoms with Crippen molar-refractivity contribution in [3.8, 4) is 0 Å². The first-order valence-corrected chi connectivity index (χ1v) is 5.81. The van der Waals surface area contributed by atoms with Crippen molar-refractivity contribution in [3.63, 3.8) is 0 Å². The minimum atomic E-state index is -0.420. The Labute approximate surface area is 107 Å². The van der Waals surface area contributed by atoms with E-state index in [1.54, 1.807) is 31.2 Å². The molecule has 0 heterocycles. The zero-order valence-electron chi connectivity index (χ0n) is 10.4. The number of ether oxygens (including phenoxy) is 1. The molecule has 0 spiro atoms. The van der Waals surface area contributed by atoms with Gasteiger partial charge >= 0.3 is 5.97 Å². The average Bonchev–Trinajstić information content (AvgIpc) is 2.39. The second-order valence-electron chi connectivity index (χ2n) is 3.69. The van der Waals surface area contributed by atoms with Crippen LogP contribution in [-0.2, 0) is 9.53 Å². The van der Waals surface area contributed by atoms with Crippen LogP contribution in [-0.4, -0.2) is 24.5 Å². The molecule has 0 aromatic heterocycles. The zero-order chi connectivity index (χ0) is 13.4. The Kier molecular flexibility index (Phi) is 5.64. The molecule has 0 radical (unpaired) electrons. The van der Waals surface area contributed by atoms with Gasteiger partial charge in [-0.15, -0.1) is 6.58 Å². The van der Waals surface area contributed by atoms with Gasteiger partial charge in [0.25, 0.3) is 5.91 Å². The Morgan fingerprint density at radius 2 is 2.06 bits per heavy atom. The van der Waals surface area contributed by atoms with Gasteiger partial charge in [0, 0.05) is 5.56 Å². The highest BCUT2D eigenvalue weighted by molar-refractivity contribution is 5.94. The Morgan fingerprint density at radius 1 is 1.39 bits per heavy atom. The fourth-order valence-electron chi connectivity index (χ4n) is 1.43. The molecule has 0 saturated carbocycles. The van der Waals surface area contributed by atoms with Gasteiger partial charge in [0.2, 0.25) is 0 Å². The summed E-state index contributed by atoms with van der Waals surface area (Å²) >= 11 is 0. The first-order valence-electron chi connectivity index (χ1n) is 5.81. The number of hydrogen-bond acceptors (Lipinski definition) is 3. The van der Waals surface area contributed by atoms with Gasteiger partial charge in [0.05, 0.1) is 19.1 Å². The number of rotatable bonds is 6. The third kappa shape index (κ3) is 4.41. The maximum absolute atomic E-state index is 11.8. The van der Waals surface area contributed by atoms with Gasteiger partial charge in [-0.25, -0.2) is 0 Å². The number of carbonyl (C=O) groups excluding carboxylic acids is 2. The van der Waals surface area contributed by atoms with E-state index in [-0.39, 0.29) is 18.3 Å². The summed E-state index contributed by atoms with van der Waals surface area (Å²) in [5.74, 6) is -0.583. The predicted octanol–water partition coefficient (Wildman–Crippen LogP) is 1.92. The van der Waals surface area contributed by atoms with Crippen molar-refractivity contribution in [2.24, 2.45) is 0 Å². The van der Waals surface area contributed by atoms with E-state index in [1.165, 1.54) is 6.08 Å². The lowest BCUT2D eigenvalue weighted by Crippen LogP contribution is -2.35. The van der Waals surface area contributed by atoms with Gasteiger partial charge in [0.1, 0.15) is 0 Å². The molecule has 1 unspecified atom stereocenters. The molecular formula is C14H17NO3. The van der Waals surface area contributed by atoms with Crippen molar-refractivity contribution >= 4 is 11.9 Å². The van der Waals surface area contributed by atoms with Crippen molar-refractivity contribution in [2.45, 2.75) is 19.4 Å². The molecule has 0 aliphatic heterocycles. The summed E-state index contributed by atoms with van der Waals surface area (Å²) in [6.45, 7) is 5.67. The maximum Gasteiger partial charge on any atom is 0.308 e. The molecule has 1 amide bonds. The van der Waals surface area contributed by atoms with Gasteiger partial charge in [0.15, 0.2) is 0 Å². The van der Waals surface area contributed by atoms with Gasteiger partial charge in [-0.1, -0.05) is 24.3 Å². The summed E-state index contributed by atoms with van der Waals surface area (Å²) in [6.07, 6.45) is 1.62. The van der Waals surface area contributed by atoms with Gasteiger partial charge in [-0.2, -0.15) is 0 Å². The van der Waals surface area contributed by atoms with E-state index in [9.17, 15) is 9.59 Å². The summed E-state index contributed by atoms with van der Waals surface area (Å²) in [5.41, 5.74) is 0.549. The lowest BCUT2D eigenvalue weighted by Gasteiger charge is -2.13. The van der Waals surface area contributed by atoms with Crippen molar-refractivity contribution in [1.29, 1.82) is 0 Å². The van der Waals surface area contributed by atoms with Crippen LogP contribution in [0.4, 0.5) is 0 Å². The third-order valence-electron chi connectivity index (χ3n) is 2.33. The second-order valence-corrected chi connectivity index (χ2v) is 3.69. The van der Waals surface area contributed by atoms with Crippen LogP contribution in [0.5, 0.6) is 0 Å². The van der Waals surface area contributed by atoms with E-state index >= 15 is 0 Å². The molecule has 0 aliphatic rings. The van der Waals surface area contributed by atoms with Crippen LogP contribution in [0.3, 0.4) is 0 Å². The standard InChI is InChI=1S/C14H17NO3/c1-3-12(10-13(16)18-4-2)15-14(17)11-8-6-5-7-9-11/h3,5-9,12H,1,4,10H2,2H3,(H,15,17). The first-order chi connectivity index (χ1) is 8.67. The molecule has 1 rings (SSSR count). The molecule has 0 aliphatic carbocycles.